The summed E-state index contributed by atoms with van der Waals surface area (Å²) >= 11 is 0.760. The molecule has 1 amide bonds. The highest BCUT2D eigenvalue weighted by molar-refractivity contribution is 8.00. The monoisotopic (exact) mass is 617 g/mol. The van der Waals surface area contributed by atoms with Crippen LogP contribution in [0.1, 0.15) is 36.2 Å². The third-order valence-electron chi connectivity index (χ3n) is 6.55. The van der Waals surface area contributed by atoms with Crippen molar-refractivity contribution in [3.63, 3.8) is 0 Å². The molecule has 13 heteroatoms. The van der Waals surface area contributed by atoms with E-state index in [1.807, 2.05) is 0 Å². The van der Waals surface area contributed by atoms with Crippen molar-refractivity contribution < 1.29 is 45.8 Å². The molecule has 0 aromatic heterocycles. The smallest absolute Gasteiger partial charge is 0.446 e. The van der Waals surface area contributed by atoms with Gasteiger partial charge in [-0.15, -0.1) is 0 Å². The molecular weight excluding hydrogens is 592 g/mol. The molecule has 41 heavy (non-hydrogen) atoms. The molecule has 220 valence electrons. The number of carboxylic acids is 1. The van der Waals surface area contributed by atoms with Crippen LogP contribution in [0, 0.1) is 11.7 Å². The number of fused-ring (bicyclic) bond motifs is 1. The first-order valence-electron chi connectivity index (χ1n) is 12.3. The Hall–Kier alpha value is -3.06. The molecule has 1 unspecified atom stereocenters. The minimum absolute atomic E-state index is 0.0148. The van der Waals surface area contributed by atoms with Crippen LogP contribution >= 0.6 is 23.5 Å². The van der Waals surface area contributed by atoms with Crippen LogP contribution in [0.4, 0.5) is 26.3 Å². The number of ether oxygens (including phenoxy) is 1. The van der Waals surface area contributed by atoms with Gasteiger partial charge >= 0.3 is 11.5 Å². The van der Waals surface area contributed by atoms with Gasteiger partial charge in [0.1, 0.15) is 24.2 Å². The number of carbonyl (C=O) groups is 2. The van der Waals surface area contributed by atoms with E-state index in [-0.39, 0.29) is 46.8 Å². The maximum atomic E-state index is 13.9. The standard InChI is InChI=1S/C28H25F6NO4S2/c1-26(2,40-14-17-12-27(17,30)31)23(25(37)38)35-24(36)21-9-5-16-11-18(29)6-10-20(16)22(21)39-13-15-3-7-19(8-4-15)41-28(32,33)34/h3-11,17,23H,12-14H2,1-2H3,(H,35,36)(H,37,38)/t17?,23-/m1/s1. The summed E-state index contributed by atoms with van der Waals surface area (Å²) in [6.45, 7) is 2.92. The number of hydrogen-bond donors (Lipinski definition) is 2. The van der Waals surface area contributed by atoms with Crippen molar-refractivity contribution in [2.24, 2.45) is 5.92 Å². The molecular formula is C28H25F6NO4S2. The van der Waals surface area contributed by atoms with Gasteiger partial charge in [-0.1, -0.05) is 18.2 Å². The van der Waals surface area contributed by atoms with Gasteiger partial charge < -0.3 is 15.2 Å². The zero-order valence-electron chi connectivity index (χ0n) is 21.7. The molecule has 2 atom stereocenters. The van der Waals surface area contributed by atoms with Gasteiger partial charge in [0.25, 0.3) is 11.8 Å². The van der Waals surface area contributed by atoms with Crippen LogP contribution in [-0.4, -0.2) is 45.0 Å². The zero-order chi connectivity index (χ0) is 30.2. The quantitative estimate of drug-likeness (QED) is 0.171. The van der Waals surface area contributed by atoms with Gasteiger partial charge in [0.05, 0.1) is 5.56 Å². The number of aliphatic carboxylic acids is 1. The third-order valence-corrected chi connectivity index (χ3v) is 8.84. The molecule has 1 saturated carbocycles. The summed E-state index contributed by atoms with van der Waals surface area (Å²) in [5, 5.41) is 13.1. The van der Waals surface area contributed by atoms with Crippen molar-refractivity contribution in [2.75, 3.05) is 5.75 Å². The molecule has 2 N–H and O–H groups in total. The first kappa shape index (κ1) is 30.9. The van der Waals surface area contributed by atoms with E-state index in [4.69, 9.17) is 4.74 Å². The second kappa shape index (κ2) is 11.7. The second-order valence-electron chi connectivity index (χ2n) is 10.1. The molecule has 4 rings (SSSR count). The Labute approximate surface area is 240 Å². The van der Waals surface area contributed by atoms with E-state index >= 15 is 0 Å². The van der Waals surface area contributed by atoms with E-state index in [1.54, 1.807) is 13.8 Å². The van der Waals surface area contributed by atoms with Crippen LogP contribution < -0.4 is 10.1 Å². The molecule has 0 radical (unpaired) electrons. The Morgan fingerprint density at radius 2 is 1.76 bits per heavy atom. The van der Waals surface area contributed by atoms with Crippen LogP contribution in [-0.2, 0) is 11.4 Å². The molecule has 3 aromatic carbocycles. The summed E-state index contributed by atoms with van der Waals surface area (Å²) in [7, 11) is 0. The Morgan fingerprint density at radius 1 is 1.10 bits per heavy atom. The van der Waals surface area contributed by atoms with E-state index in [9.17, 15) is 41.0 Å². The van der Waals surface area contributed by atoms with Crippen LogP contribution in [0.15, 0.2) is 59.5 Å². The van der Waals surface area contributed by atoms with Crippen molar-refractivity contribution in [3.05, 3.63) is 71.5 Å². The zero-order valence-corrected chi connectivity index (χ0v) is 23.4. The van der Waals surface area contributed by atoms with Gasteiger partial charge in [-0.25, -0.2) is 18.0 Å². The molecule has 5 nitrogen and oxygen atoms in total. The Bertz CT molecular complexity index is 1450. The highest BCUT2D eigenvalue weighted by Crippen LogP contribution is 2.51. The van der Waals surface area contributed by atoms with Gasteiger partial charge in [0.2, 0.25) is 0 Å². The molecule has 1 fully saturated rings. The Balaban J connectivity index is 1.57. The number of halogens is 6. The number of rotatable bonds is 11. The van der Waals surface area contributed by atoms with Gasteiger partial charge in [-0.3, -0.25) is 4.79 Å². The Kier molecular flexibility index (Phi) is 8.79. The highest BCUT2D eigenvalue weighted by atomic mass is 32.2. The van der Waals surface area contributed by atoms with Crippen molar-refractivity contribution in [2.45, 2.75) is 54.0 Å². The molecule has 3 aromatic rings. The summed E-state index contributed by atoms with van der Waals surface area (Å²) in [6.07, 6.45) is -0.261. The van der Waals surface area contributed by atoms with Gasteiger partial charge in [-0.05, 0) is 73.0 Å². The second-order valence-corrected chi connectivity index (χ2v) is 12.9. The van der Waals surface area contributed by atoms with Crippen molar-refractivity contribution >= 4 is 46.2 Å². The number of carboxylic acid groups (broad SMARTS) is 1. The van der Waals surface area contributed by atoms with Gasteiger partial charge in [-0.2, -0.15) is 24.9 Å². The van der Waals surface area contributed by atoms with Crippen molar-refractivity contribution in [1.82, 2.24) is 5.32 Å². The summed E-state index contributed by atoms with van der Waals surface area (Å²) in [6, 6.07) is 10.5. The number of nitrogens with one attached hydrogen (secondary N) is 1. The maximum Gasteiger partial charge on any atom is 0.446 e. The fourth-order valence-corrected chi connectivity index (χ4v) is 6.00. The molecule has 0 heterocycles. The van der Waals surface area contributed by atoms with Crippen LogP contribution in [0.5, 0.6) is 5.75 Å². The largest absolute Gasteiger partial charge is 0.487 e. The number of benzene rings is 3. The lowest BCUT2D eigenvalue weighted by Crippen LogP contribution is -2.52. The lowest BCUT2D eigenvalue weighted by Gasteiger charge is -2.31. The SMILES string of the molecule is CC(C)(SCC1CC1(F)F)[C@H](NC(=O)c1ccc2cc(F)ccc2c1OCc1ccc(SC(F)(F)F)cc1)C(=O)O. The summed E-state index contributed by atoms with van der Waals surface area (Å²) in [5.41, 5.74) is -4.02. The number of hydrogen-bond acceptors (Lipinski definition) is 5. The molecule has 0 saturated heterocycles. The fourth-order valence-electron chi connectivity index (χ4n) is 4.14. The van der Waals surface area contributed by atoms with E-state index in [2.05, 4.69) is 5.32 Å². The number of thioether (sulfide) groups is 2. The van der Waals surface area contributed by atoms with E-state index in [0.717, 1.165) is 17.8 Å². The average Bonchev–Trinajstić information content (AvgIpc) is 3.50. The number of carbonyl (C=O) groups excluding carboxylic acids is 1. The fraction of sp³-hybridized carbons (Fsp3) is 0.357. The predicted molar refractivity (Wildman–Crippen MR) is 145 cm³/mol. The molecule has 1 aliphatic carbocycles. The molecule has 0 bridgehead atoms. The first-order valence-corrected chi connectivity index (χ1v) is 14.1. The molecule has 0 aliphatic heterocycles. The molecule has 0 spiro atoms. The minimum atomic E-state index is -4.44. The van der Waals surface area contributed by atoms with E-state index in [1.165, 1.54) is 48.5 Å². The number of amides is 1. The Morgan fingerprint density at radius 3 is 2.34 bits per heavy atom. The normalized spacial score (nSPS) is 17.2. The summed E-state index contributed by atoms with van der Waals surface area (Å²) in [4.78, 5) is 25.5. The van der Waals surface area contributed by atoms with E-state index < -0.39 is 45.8 Å². The van der Waals surface area contributed by atoms with Crippen molar-refractivity contribution in [1.29, 1.82) is 0 Å². The summed E-state index contributed by atoms with van der Waals surface area (Å²) < 4.78 is 83.3. The maximum absolute atomic E-state index is 13.9. The van der Waals surface area contributed by atoms with Crippen LogP contribution in [0.25, 0.3) is 10.8 Å². The molecule has 1 aliphatic rings. The number of alkyl halides is 5. The lowest BCUT2D eigenvalue weighted by molar-refractivity contribution is -0.139. The predicted octanol–water partition coefficient (Wildman–Crippen LogP) is 7.52. The van der Waals surface area contributed by atoms with Crippen molar-refractivity contribution in [3.8, 4) is 5.75 Å². The minimum Gasteiger partial charge on any atom is -0.487 e. The highest BCUT2D eigenvalue weighted by Gasteiger charge is 2.57. The first-order chi connectivity index (χ1) is 19.1. The van der Waals surface area contributed by atoms with Gasteiger partial charge in [0.15, 0.2) is 0 Å². The van der Waals surface area contributed by atoms with E-state index in [0.29, 0.717) is 16.3 Å². The lowest BCUT2D eigenvalue weighted by atomic mass is 10.0. The average molecular weight is 618 g/mol. The van der Waals surface area contributed by atoms with Crippen LogP contribution in [0.2, 0.25) is 0 Å². The van der Waals surface area contributed by atoms with Gasteiger partial charge in [0, 0.05) is 33.1 Å². The summed E-state index contributed by atoms with van der Waals surface area (Å²) in [5.74, 6) is -6.29. The van der Waals surface area contributed by atoms with Crippen LogP contribution in [0.3, 0.4) is 0 Å². The topological polar surface area (TPSA) is 75.6 Å². The third kappa shape index (κ3) is 7.82.